The molecule has 4 rings (SSSR count). The molecule has 0 aliphatic carbocycles. The second kappa shape index (κ2) is 9.42. The molecule has 0 saturated carbocycles. The molecule has 3 aromatic rings. The topological polar surface area (TPSA) is 115 Å². The molecule has 0 radical (unpaired) electrons. The summed E-state index contributed by atoms with van der Waals surface area (Å²) in [4.78, 5) is 24.4. The highest BCUT2D eigenvalue weighted by Gasteiger charge is 2.21. The van der Waals surface area contributed by atoms with Crippen LogP contribution < -0.4 is 16.4 Å². The third-order valence-electron chi connectivity index (χ3n) is 5.41. The molecular formula is C23H26N6O2. The van der Waals surface area contributed by atoms with Crippen LogP contribution in [0.2, 0.25) is 0 Å². The molecule has 0 bridgehead atoms. The van der Waals surface area contributed by atoms with Crippen molar-refractivity contribution in [2.24, 2.45) is 5.73 Å². The molecule has 160 valence electrons. The maximum Gasteiger partial charge on any atom is 0.312 e. The van der Waals surface area contributed by atoms with Gasteiger partial charge in [0.15, 0.2) is 5.82 Å². The number of carbonyl (C=O) groups is 2. The maximum atomic E-state index is 12.9. The number of aromatic nitrogens is 3. The Morgan fingerprint density at radius 1 is 1.03 bits per heavy atom. The van der Waals surface area contributed by atoms with Crippen molar-refractivity contribution < 1.29 is 9.59 Å². The van der Waals surface area contributed by atoms with Crippen molar-refractivity contribution in [1.29, 1.82) is 0 Å². The first kappa shape index (κ1) is 20.6. The van der Waals surface area contributed by atoms with Gasteiger partial charge < -0.3 is 20.9 Å². The molecule has 4 N–H and O–H groups in total. The van der Waals surface area contributed by atoms with Crippen molar-refractivity contribution >= 4 is 17.6 Å². The standard InChI is InChI=1S/C23H26N6O2/c24-23(31)26-19(14-16-8-3-1-4-9-16)22(30)25-18-11-7-10-17(15-18)21-28-27-20-12-5-2-6-13-29(20)21/h1,3-4,7-11,15,19H,2,5-6,12-14H2,(H,25,30)(H3,24,26,31). The first-order valence-electron chi connectivity index (χ1n) is 10.5. The molecule has 1 aliphatic heterocycles. The van der Waals surface area contributed by atoms with Crippen LogP contribution in [0.15, 0.2) is 54.6 Å². The predicted molar refractivity (Wildman–Crippen MR) is 118 cm³/mol. The minimum Gasteiger partial charge on any atom is -0.352 e. The summed E-state index contributed by atoms with van der Waals surface area (Å²) in [6.07, 6.45) is 4.70. The molecule has 0 saturated heterocycles. The van der Waals surface area contributed by atoms with E-state index in [9.17, 15) is 9.59 Å². The summed E-state index contributed by atoms with van der Waals surface area (Å²) in [5, 5.41) is 14.2. The SMILES string of the molecule is NC(=O)NC(Cc1ccccc1)C(=O)Nc1cccc(-c2nnc3n2CCCCC3)c1. The van der Waals surface area contributed by atoms with Crippen molar-refractivity contribution in [2.45, 2.75) is 44.7 Å². The number of rotatable bonds is 6. The normalized spacial score (nSPS) is 14.2. The smallest absolute Gasteiger partial charge is 0.312 e. The van der Waals surface area contributed by atoms with E-state index in [0.717, 1.165) is 48.6 Å². The van der Waals surface area contributed by atoms with Gasteiger partial charge in [-0.2, -0.15) is 0 Å². The lowest BCUT2D eigenvalue weighted by molar-refractivity contribution is -0.117. The largest absolute Gasteiger partial charge is 0.352 e. The van der Waals surface area contributed by atoms with E-state index in [2.05, 4.69) is 25.4 Å². The lowest BCUT2D eigenvalue weighted by atomic mass is 10.1. The van der Waals surface area contributed by atoms with Gasteiger partial charge >= 0.3 is 6.03 Å². The second-order valence-corrected chi connectivity index (χ2v) is 7.72. The molecule has 0 fully saturated rings. The molecule has 2 heterocycles. The van der Waals surface area contributed by atoms with Gasteiger partial charge in [-0.15, -0.1) is 10.2 Å². The van der Waals surface area contributed by atoms with E-state index >= 15 is 0 Å². The van der Waals surface area contributed by atoms with Gasteiger partial charge in [-0.3, -0.25) is 4.79 Å². The maximum absolute atomic E-state index is 12.9. The highest BCUT2D eigenvalue weighted by Crippen LogP contribution is 2.25. The molecule has 1 atom stereocenters. The number of nitrogens with one attached hydrogen (secondary N) is 2. The number of primary amides is 1. The second-order valence-electron chi connectivity index (χ2n) is 7.72. The van der Waals surface area contributed by atoms with Crippen LogP contribution >= 0.6 is 0 Å². The third kappa shape index (κ3) is 5.09. The molecule has 31 heavy (non-hydrogen) atoms. The Morgan fingerprint density at radius 2 is 1.87 bits per heavy atom. The zero-order chi connectivity index (χ0) is 21.6. The van der Waals surface area contributed by atoms with E-state index in [1.807, 2.05) is 54.6 Å². The number of aryl methyl sites for hydroxylation is 1. The first-order valence-corrected chi connectivity index (χ1v) is 10.5. The predicted octanol–water partition coefficient (Wildman–Crippen LogP) is 2.89. The lowest BCUT2D eigenvalue weighted by Gasteiger charge is -2.18. The Balaban J connectivity index is 1.53. The highest BCUT2D eigenvalue weighted by atomic mass is 16.2. The van der Waals surface area contributed by atoms with E-state index < -0.39 is 12.1 Å². The van der Waals surface area contributed by atoms with E-state index in [0.29, 0.717) is 12.1 Å². The number of benzene rings is 2. The van der Waals surface area contributed by atoms with Crippen LogP contribution in [0.1, 0.15) is 30.7 Å². The van der Waals surface area contributed by atoms with Crippen LogP contribution in [-0.4, -0.2) is 32.7 Å². The van der Waals surface area contributed by atoms with Crippen molar-refractivity contribution in [3.05, 3.63) is 66.0 Å². The lowest BCUT2D eigenvalue weighted by Crippen LogP contribution is -2.47. The van der Waals surface area contributed by atoms with Gasteiger partial charge in [0.05, 0.1) is 0 Å². The van der Waals surface area contributed by atoms with Crippen molar-refractivity contribution in [3.63, 3.8) is 0 Å². The summed E-state index contributed by atoms with van der Waals surface area (Å²) in [6.45, 7) is 0.899. The van der Waals surface area contributed by atoms with E-state index in [1.165, 1.54) is 6.42 Å². The summed E-state index contributed by atoms with van der Waals surface area (Å²) < 4.78 is 2.17. The van der Waals surface area contributed by atoms with Crippen LogP contribution in [0, 0.1) is 0 Å². The molecule has 3 amide bonds. The van der Waals surface area contributed by atoms with Gasteiger partial charge in [0.1, 0.15) is 11.9 Å². The van der Waals surface area contributed by atoms with E-state index in [1.54, 1.807) is 0 Å². The number of nitrogens with two attached hydrogens (primary N) is 1. The van der Waals surface area contributed by atoms with Crippen LogP contribution in [0.25, 0.3) is 11.4 Å². The Kier molecular flexibility index (Phi) is 6.26. The molecule has 8 heteroatoms. The number of carbonyl (C=O) groups excluding carboxylic acids is 2. The van der Waals surface area contributed by atoms with Crippen molar-refractivity contribution in [1.82, 2.24) is 20.1 Å². The fourth-order valence-electron chi connectivity index (χ4n) is 3.89. The molecule has 1 unspecified atom stereocenters. The molecule has 0 spiro atoms. The number of hydrogen-bond donors (Lipinski definition) is 3. The Morgan fingerprint density at radius 3 is 2.68 bits per heavy atom. The Labute approximate surface area is 180 Å². The average Bonchev–Trinajstić information content (AvgIpc) is 3.02. The molecule has 8 nitrogen and oxygen atoms in total. The Hall–Kier alpha value is -3.68. The number of hydrogen-bond acceptors (Lipinski definition) is 4. The van der Waals surface area contributed by atoms with Crippen LogP contribution in [-0.2, 0) is 24.2 Å². The quantitative estimate of drug-likeness (QED) is 0.571. The van der Waals surface area contributed by atoms with Gasteiger partial charge in [-0.25, -0.2) is 4.79 Å². The van der Waals surface area contributed by atoms with Gasteiger partial charge in [0.2, 0.25) is 5.91 Å². The minimum absolute atomic E-state index is 0.333. The summed E-state index contributed by atoms with van der Waals surface area (Å²) in [5.41, 5.74) is 7.74. The number of urea groups is 1. The van der Waals surface area contributed by atoms with E-state index in [-0.39, 0.29) is 5.91 Å². The monoisotopic (exact) mass is 418 g/mol. The fraction of sp³-hybridized carbons (Fsp3) is 0.304. The van der Waals surface area contributed by atoms with Gasteiger partial charge in [-0.1, -0.05) is 48.9 Å². The number of fused-ring (bicyclic) bond motifs is 1. The average molecular weight is 419 g/mol. The summed E-state index contributed by atoms with van der Waals surface area (Å²) in [7, 11) is 0. The molecule has 1 aromatic heterocycles. The van der Waals surface area contributed by atoms with Gasteiger partial charge in [-0.05, 0) is 30.5 Å². The summed E-state index contributed by atoms with van der Waals surface area (Å²) in [5.74, 6) is 1.49. The minimum atomic E-state index is -0.784. The fourth-order valence-corrected chi connectivity index (χ4v) is 3.89. The molecule has 2 aromatic carbocycles. The molecular weight excluding hydrogens is 392 g/mol. The van der Waals surface area contributed by atoms with Gasteiger partial charge in [0, 0.05) is 30.6 Å². The third-order valence-corrected chi connectivity index (χ3v) is 5.41. The zero-order valence-corrected chi connectivity index (χ0v) is 17.3. The van der Waals surface area contributed by atoms with Crippen molar-refractivity contribution in [3.8, 4) is 11.4 Å². The van der Waals surface area contributed by atoms with E-state index in [4.69, 9.17) is 5.73 Å². The highest BCUT2D eigenvalue weighted by molar-refractivity contribution is 5.97. The van der Waals surface area contributed by atoms with Crippen LogP contribution in [0.4, 0.5) is 10.5 Å². The summed E-state index contributed by atoms with van der Waals surface area (Å²) in [6, 6.07) is 15.5. The zero-order valence-electron chi connectivity index (χ0n) is 17.3. The number of nitrogens with zero attached hydrogens (tertiary/aromatic N) is 3. The number of amides is 3. The summed E-state index contributed by atoms with van der Waals surface area (Å²) >= 11 is 0. The van der Waals surface area contributed by atoms with Crippen LogP contribution in [0.5, 0.6) is 0 Å². The van der Waals surface area contributed by atoms with Crippen molar-refractivity contribution in [2.75, 3.05) is 5.32 Å². The number of anilines is 1. The first-order chi connectivity index (χ1) is 15.1. The Bertz CT molecular complexity index is 1060. The van der Waals surface area contributed by atoms with Gasteiger partial charge in [0.25, 0.3) is 0 Å². The van der Waals surface area contributed by atoms with Crippen LogP contribution in [0.3, 0.4) is 0 Å². The molecule has 1 aliphatic rings.